The van der Waals surface area contributed by atoms with Crippen molar-refractivity contribution in [1.82, 2.24) is 10.2 Å². The third-order valence-corrected chi connectivity index (χ3v) is 7.53. The summed E-state index contributed by atoms with van der Waals surface area (Å²) in [6.45, 7) is 6.61. The largest absolute Gasteiger partial charge is 0.317 e. The predicted molar refractivity (Wildman–Crippen MR) is 127 cm³/mol. The molecule has 30 heavy (non-hydrogen) atoms. The number of sulfonamides is 1. The number of nitrogens with zero attached hydrogens (tertiary/aromatic N) is 1. The molecule has 1 fully saturated rings. The van der Waals surface area contributed by atoms with E-state index in [4.69, 9.17) is 0 Å². The fourth-order valence-electron chi connectivity index (χ4n) is 4.23. The van der Waals surface area contributed by atoms with Crippen LogP contribution in [-0.4, -0.2) is 65.3 Å². The van der Waals surface area contributed by atoms with Crippen molar-refractivity contribution in [3.63, 3.8) is 0 Å². The summed E-state index contributed by atoms with van der Waals surface area (Å²) >= 11 is 0. The van der Waals surface area contributed by atoms with E-state index in [2.05, 4.69) is 28.8 Å². The SMILES string of the molecule is CCCN(C(C)Cc1ccc(NS(C)(=O)=O)cc1)C(C1CCNCC1)S(C)(=O)=O.Cl. The lowest BCUT2D eigenvalue weighted by Crippen LogP contribution is -2.52. The second-order valence-corrected chi connectivity index (χ2v) is 12.1. The summed E-state index contributed by atoms with van der Waals surface area (Å²) < 4.78 is 50.7. The maximum Gasteiger partial charge on any atom is 0.229 e. The molecule has 0 aliphatic carbocycles. The van der Waals surface area contributed by atoms with E-state index in [1.165, 1.54) is 6.26 Å². The van der Waals surface area contributed by atoms with Crippen LogP contribution in [0.5, 0.6) is 0 Å². The Hall–Kier alpha value is -0.870. The van der Waals surface area contributed by atoms with E-state index in [-0.39, 0.29) is 24.4 Å². The Kier molecular flexibility index (Phi) is 10.6. The molecule has 0 radical (unpaired) electrons. The molecule has 2 N–H and O–H groups in total. The first-order valence-corrected chi connectivity index (χ1v) is 14.1. The van der Waals surface area contributed by atoms with Crippen LogP contribution < -0.4 is 10.0 Å². The molecule has 1 aliphatic rings. The summed E-state index contributed by atoms with van der Waals surface area (Å²) in [6.07, 6.45) is 5.82. The highest BCUT2D eigenvalue weighted by Crippen LogP contribution is 2.28. The highest BCUT2D eigenvalue weighted by Gasteiger charge is 2.37. The molecule has 1 aliphatic heterocycles. The molecule has 2 unspecified atom stereocenters. The van der Waals surface area contributed by atoms with E-state index in [9.17, 15) is 16.8 Å². The Bertz CT molecular complexity index is 855. The Labute approximate surface area is 188 Å². The highest BCUT2D eigenvalue weighted by molar-refractivity contribution is 7.92. The lowest BCUT2D eigenvalue weighted by Gasteiger charge is -2.41. The Morgan fingerprint density at radius 2 is 1.67 bits per heavy atom. The zero-order valence-electron chi connectivity index (χ0n) is 18.3. The minimum absolute atomic E-state index is 0. The van der Waals surface area contributed by atoms with Gasteiger partial charge in [-0.1, -0.05) is 19.1 Å². The van der Waals surface area contributed by atoms with Crippen molar-refractivity contribution in [3.05, 3.63) is 29.8 Å². The summed E-state index contributed by atoms with van der Waals surface area (Å²) in [5.74, 6) is 0.140. The highest BCUT2D eigenvalue weighted by atomic mass is 35.5. The molecule has 1 aromatic rings. The third kappa shape index (κ3) is 8.34. The topological polar surface area (TPSA) is 95.6 Å². The van der Waals surface area contributed by atoms with Gasteiger partial charge in [0.1, 0.15) is 5.37 Å². The molecule has 1 saturated heterocycles. The van der Waals surface area contributed by atoms with Gasteiger partial charge in [0.05, 0.1) is 6.26 Å². The first-order valence-electron chi connectivity index (χ1n) is 10.2. The first kappa shape index (κ1) is 27.2. The average molecular weight is 482 g/mol. The van der Waals surface area contributed by atoms with Crippen LogP contribution in [0.4, 0.5) is 5.69 Å². The fourth-order valence-corrected chi connectivity index (χ4v) is 6.57. The number of piperidine rings is 1. The smallest absolute Gasteiger partial charge is 0.229 e. The molecule has 7 nitrogen and oxygen atoms in total. The van der Waals surface area contributed by atoms with Gasteiger partial charge in [-0.15, -0.1) is 12.4 Å². The molecule has 1 heterocycles. The van der Waals surface area contributed by atoms with E-state index in [0.29, 0.717) is 12.1 Å². The minimum Gasteiger partial charge on any atom is -0.317 e. The maximum atomic E-state index is 12.8. The number of anilines is 1. The monoisotopic (exact) mass is 481 g/mol. The molecule has 0 bridgehead atoms. The number of hydrogen-bond acceptors (Lipinski definition) is 6. The lowest BCUT2D eigenvalue weighted by molar-refractivity contribution is 0.131. The Morgan fingerprint density at radius 1 is 1.10 bits per heavy atom. The second-order valence-electron chi connectivity index (χ2n) is 8.17. The molecule has 2 rings (SSSR count). The van der Waals surface area contributed by atoms with Gasteiger partial charge in [-0.2, -0.15) is 0 Å². The predicted octanol–water partition coefficient (Wildman–Crippen LogP) is 2.49. The zero-order chi connectivity index (χ0) is 21.7. The van der Waals surface area contributed by atoms with Crippen LogP contribution in [0.15, 0.2) is 24.3 Å². The zero-order valence-corrected chi connectivity index (χ0v) is 20.7. The van der Waals surface area contributed by atoms with E-state index in [1.807, 2.05) is 12.1 Å². The molecule has 0 saturated carbocycles. The van der Waals surface area contributed by atoms with E-state index in [0.717, 1.165) is 50.7 Å². The average Bonchev–Trinajstić information content (AvgIpc) is 2.61. The van der Waals surface area contributed by atoms with Gasteiger partial charge >= 0.3 is 0 Å². The van der Waals surface area contributed by atoms with Gasteiger partial charge in [0.2, 0.25) is 10.0 Å². The molecule has 0 amide bonds. The van der Waals surface area contributed by atoms with Crippen LogP contribution in [0.3, 0.4) is 0 Å². The molecule has 10 heteroatoms. The number of halogens is 1. The number of benzene rings is 1. The summed E-state index contributed by atoms with van der Waals surface area (Å²) in [7, 11) is -6.53. The normalized spacial score (nSPS) is 17.9. The van der Waals surface area contributed by atoms with Crippen LogP contribution in [0.1, 0.15) is 38.7 Å². The maximum absolute atomic E-state index is 12.8. The molecule has 0 aromatic heterocycles. The van der Waals surface area contributed by atoms with E-state index < -0.39 is 25.2 Å². The quantitative estimate of drug-likeness (QED) is 0.533. The van der Waals surface area contributed by atoms with Gasteiger partial charge in [-0.3, -0.25) is 9.62 Å². The van der Waals surface area contributed by atoms with Gasteiger partial charge in [-0.25, -0.2) is 16.8 Å². The van der Waals surface area contributed by atoms with Crippen molar-refractivity contribution < 1.29 is 16.8 Å². The van der Waals surface area contributed by atoms with Gasteiger partial charge in [0.15, 0.2) is 9.84 Å². The molecule has 2 atom stereocenters. The molecular weight excluding hydrogens is 446 g/mol. The van der Waals surface area contributed by atoms with Crippen LogP contribution in [0, 0.1) is 5.92 Å². The van der Waals surface area contributed by atoms with Crippen molar-refractivity contribution in [1.29, 1.82) is 0 Å². The third-order valence-electron chi connectivity index (χ3n) is 5.39. The summed E-state index contributed by atoms with van der Waals surface area (Å²) in [4.78, 5) is 2.16. The van der Waals surface area contributed by atoms with Gasteiger partial charge < -0.3 is 5.32 Å². The first-order chi connectivity index (χ1) is 13.5. The standard InChI is InChI=1S/C20H35N3O4S2.ClH/c1-5-14-23(20(28(3,24)25)18-10-12-21-13-11-18)16(2)15-17-6-8-19(9-7-17)22-29(4,26)27;/h6-9,16,18,20-22H,5,10-15H2,1-4H3;1H. The van der Waals surface area contributed by atoms with Crippen molar-refractivity contribution in [2.75, 3.05) is 36.9 Å². The number of sulfone groups is 1. The van der Waals surface area contributed by atoms with Crippen LogP contribution in [0.25, 0.3) is 0 Å². The lowest BCUT2D eigenvalue weighted by atomic mass is 9.95. The van der Waals surface area contributed by atoms with Crippen LogP contribution in [0.2, 0.25) is 0 Å². The van der Waals surface area contributed by atoms with Crippen LogP contribution in [-0.2, 0) is 26.3 Å². The summed E-state index contributed by atoms with van der Waals surface area (Å²) in [5, 5.41) is 2.85. The minimum atomic E-state index is -3.30. The molecule has 0 spiro atoms. The van der Waals surface area contributed by atoms with Gasteiger partial charge in [0, 0.05) is 18.0 Å². The van der Waals surface area contributed by atoms with Gasteiger partial charge in [-0.05, 0) is 75.9 Å². The summed E-state index contributed by atoms with van der Waals surface area (Å²) in [5.41, 5.74) is 1.58. The summed E-state index contributed by atoms with van der Waals surface area (Å²) in [6, 6.07) is 7.34. The Morgan fingerprint density at radius 3 is 2.13 bits per heavy atom. The van der Waals surface area contributed by atoms with Crippen molar-refractivity contribution in [2.45, 2.75) is 50.9 Å². The molecule has 1 aromatic carbocycles. The molecular formula is C20H36ClN3O4S2. The molecule has 174 valence electrons. The fraction of sp³-hybridized carbons (Fsp3) is 0.700. The van der Waals surface area contributed by atoms with Crippen molar-refractivity contribution >= 4 is 38.0 Å². The van der Waals surface area contributed by atoms with Crippen molar-refractivity contribution in [3.8, 4) is 0 Å². The van der Waals surface area contributed by atoms with E-state index in [1.54, 1.807) is 12.1 Å². The number of nitrogens with one attached hydrogen (secondary N) is 2. The van der Waals surface area contributed by atoms with Gasteiger partial charge in [0.25, 0.3) is 0 Å². The second kappa shape index (κ2) is 11.7. The van der Waals surface area contributed by atoms with E-state index >= 15 is 0 Å². The number of hydrogen-bond donors (Lipinski definition) is 2. The number of rotatable bonds is 10. The van der Waals surface area contributed by atoms with Crippen molar-refractivity contribution in [2.24, 2.45) is 5.92 Å². The Balaban J connectivity index is 0.00000450. The van der Waals surface area contributed by atoms with Crippen LogP contribution >= 0.6 is 12.4 Å².